The van der Waals surface area contributed by atoms with Crippen LogP contribution in [0.5, 0.6) is 0 Å². The maximum Gasteiger partial charge on any atom is 0.123 e. The zero-order valence-corrected chi connectivity index (χ0v) is 12.2. The Morgan fingerprint density at radius 1 is 1.50 bits per heavy atom. The molecule has 2 atom stereocenters. The SMILES string of the molecule is CCC1OCCC1CNCc1cc(F)ccc1Br. The third-order valence-corrected chi connectivity index (χ3v) is 4.25. The van der Waals surface area contributed by atoms with Crippen LogP contribution < -0.4 is 5.32 Å². The van der Waals surface area contributed by atoms with Gasteiger partial charge in [-0.25, -0.2) is 4.39 Å². The smallest absolute Gasteiger partial charge is 0.123 e. The van der Waals surface area contributed by atoms with Gasteiger partial charge in [0.1, 0.15) is 5.82 Å². The first-order valence-corrected chi connectivity index (χ1v) is 7.26. The number of benzene rings is 1. The van der Waals surface area contributed by atoms with Gasteiger partial charge >= 0.3 is 0 Å². The molecule has 0 saturated carbocycles. The van der Waals surface area contributed by atoms with E-state index in [1.165, 1.54) is 6.07 Å². The summed E-state index contributed by atoms with van der Waals surface area (Å²) in [5.41, 5.74) is 0.960. The van der Waals surface area contributed by atoms with Gasteiger partial charge in [-0.1, -0.05) is 22.9 Å². The van der Waals surface area contributed by atoms with Crippen molar-refractivity contribution in [1.82, 2.24) is 5.32 Å². The first-order valence-electron chi connectivity index (χ1n) is 6.47. The van der Waals surface area contributed by atoms with Crippen molar-refractivity contribution in [3.8, 4) is 0 Å². The van der Waals surface area contributed by atoms with Gasteiger partial charge < -0.3 is 10.1 Å². The van der Waals surface area contributed by atoms with Gasteiger partial charge in [0.25, 0.3) is 0 Å². The molecule has 1 saturated heterocycles. The molecule has 2 unspecified atom stereocenters. The standard InChI is InChI=1S/C14H19BrFNO/c1-2-14-10(5-6-18-14)8-17-9-11-7-12(16)3-4-13(11)15/h3-4,7,10,14,17H,2,5-6,8-9H2,1H3. The van der Waals surface area contributed by atoms with Crippen LogP contribution in [-0.4, -0.2) is 19.3 Å². The van der Waals surface area contributed by atoms with Gasteiger partial charge in [0.15, 0.2) is 0 Å². The van der Waals surface area contributed by atoms with Gasteiger partial charge in [-0.05, 0) is 42.5 Å². The molecule has 1 fully saturated rings. The molecule has 2 nitrogen and oxygen atoms in total. The summed E-state index contributed by atoms with van der Waals surface area (Å²) in [6.45, 7) is 4.65. The average Bonchev–Trinajstić information content (AvgIpc) is 2.81. The van der Waals surface area contributed by atoms with Gasteiger partial charge in [-0.15, -0.1) is 0 Å². The number of hydrogen-bond donors (Lipinski definition) is 1. The fraction of sp³-hybridized carbons (Fsp3) is 0.571. The fourth-order valence-corrected chi connectivity index (χ4v) is 2.84. The zero-order chi connectivity index (χ0) is 13.0. The van der Waals surface area contributed by atoms with Crippen molar-refractivity contribution in [2.45, 2.75) is 32.4 Å². The second kappa shape index (κ2) is 6.64. The highest BCUT2D eigenvalue weighted by Crippen LogP contribution is 2.23. The van der Waals surface area contributed by atoms with Crippen LogP contribution in [0.25, 0.3) is 0 Å². The van der Waals surface area contributed by atoms with Crippen LogP contribution in [0.4, 0.5) is 4.39 Å². The van der Waals surface area contributed by atoms with E-state index in [4.69, 9.17) is 4.74 Å². The van der Waals surface area contributed by atoms with Crippen molar-refractivity contribution < 1.29 is 9.13 Å². The monoisotopic (exact) mass is 315 g/mol. The molecular weight excluding hydrogens is 297 g/mol. The van der Waals surface area contributed by atoms with Crippen molar-refractivity contribution in [3.63, 3.8) is 0 Å². The second-order valence-corrected chi connectivity index (χ2v) is 5.59. The van der Waals surface area contributed by atoms with Crippen molar-refractivity contribution in [1.29, 1.82) is 0 Å². The molecule has 0 aliphatic carbocycles. The topological polar surface area (TPSA) is 21.3 Å². The summed E-state index contributed by atoms with van der Waals surface area (Å²) in [5.74, 6) is 0.396. The quantitative estimate of drug-likeness (QED) is 0.898. The highest BCUT2D eigenvalue weighted by Gasteiger charge is 2.25. The zero-order valence-electron chi connectivity index (χ0n) is 10.6. The third kappa shape index (κ3) is 3.53. The van der Waals surface area contributed by atoms with Crippen molar-refractivity contribution in [3.05, 3.63) is 34.1 Å². The lowest BCUT2D eigenvalue weighted by Gasteiger charge is -2.17. The van der Waals surface area contributed by atoms with E-state index in [1.54, 1.807) is 12.1 Å². The summed E-state index contributed by atoms with van der Waals surface area (Å²) in [6.07, 6.45) is 2.57. The molecule has 0 bridgehead atoms. The predicted octanol–water partition coefficient (Wildman–Crippen LogP) is 3.49. The Hall–Kier alpha value is -0.450. The molecule has 2 rings (SSSR count). The van der Waals surface area contributed by atoms with E-state index in [1.807, 2.05) is 0 Å². The summed E-state index contributed by atoms with van der Waals surface area (Å²) in [7, 11) is 0. The van der Waals surface area contributed by atoms with Crippen molar-refractivity contribution in [2.75, 3.05) is 13.2 Å². The molecule has 0 spiro atoms. The van der Waals surface area contributed by atoms with Crippen LogP contribution in [-0.2, 0) is 11.3 Å². The molecule has 1 N–H and O–H groups in total. The number of rotatable bonds is 5. The van der Waals surface area contributed by atoms with Crippen molar-refractivity contribution >= 4 is 15.9 Å². The minimum atomic E-state index is -0.189. The second-order valence-electron chi connectivity index (χ2n) is 4.73. The summed E-state index contributed by atoms with van der Waals surface area (Å²) in [4.78, 5) is 0. The Labute approximate surface area is 116 Å². The molecule has 4 heteroatoms. The Morgan fingerprint density at radius 2 is 2.33 bits per heavy atom. The molecule has 0 amide bonds. The molecule has 1 aliphatic rings. The van der Waals surface area contributed by atoms with E-state index in [0.717, 1.165) is 36.0 Å². The molecule has 0 radical (unpaired) electrons. The van der Waals surface area contributed by atoms with Gasteiger partial charge in [0.05, 0.1) is 6.10 Å². The summed E-state index contributed by atoms with van der Waals surface area (Å²) in [6, 6.07) is 4.78. The van der Waals surface area contributed by atoms with Crippen LogP contribution in [0.1, 0.15) is 25.3 Å². The molecule has 1 aromatic rings. The molecule has 1 aromatic carbocycles. The predicted molar refractivity (Wildman–Crippen MR) is 73.9 cm³/mol. The summed E-state index contributed by atoms with van der Waals surface area (Å²) in [5, 5.41) is 3.40. The van der Waals surface area contributed by atoms with Gasteiger partial charge in [0, 0.05) is 24.2 Å². The van der Waals surface area contributed by atoms with E-state index in [9.17, 15) is 4.39 Å². The summed E-state index contributed by atoms with van der Waals surface area (Å²) >= 11 is 3.44. The Bertz CT molecular complexity index is 399. The molecule has 100 valence electrons. The van der Waals surface area contributed by atoms with Gasteiger partial charge in [-0.3, -0.25) is 0 Å². The van der Waals surface area contributed by atoms with Crippen LogP contribution in [0.3, 0.4) is 0 Å². The Morgan fingerprint density at radius 3 is 3.11 bits per heavy atom. The maximum absolute atomic E-state index is 13.1. The molecular formula is C14H19BrFNO. The van der Waals surface area contributed by atoms with Gasteiger partial charge in [0.2, 0.25) is 0 Å². The van der Waals surface area contributed by atoms with Crippen LogP contribution in [0, 0.1) is 11.7 Å². The fourth-order valence-electron chi connectivity index (χ4n) is 2.45. The van der Waals surface area contributed by atoms with E-state index >= 15 is 0 Å². The minimum Gasteiger partial charge on any atom is -0.378 e. The normalized spacial score (nSPS) is 23.5. The van der Waals surface area contributed by atoms with E-state index in [-0.39, 0.29) is 5.82 Å². The Balaban J connectivity index is 1.83. The van der Waals surface area contributed by atoms with E-state index in [0.29, 0.717) is 18.6 Å². The number of halogens is 2. The van der Waals surface area contributed by atoms with E-state index < -0.39 is 0 Å². The highest BCUT2D eigenvalue weighted by molar-refractivity contribution is 9.10. The lowest BCUT2D eigenvalue weighted by Crippen LogP contribution is -2.28. The van der Waals surface area contributed by atoms with Gasteiger partial charge in [-0.2, -0.15) is 0 Å². The number of nitrogens with one attached hydrogen (secondary N) is 1. The van der Waals surface area contributed by atoms with Crippen LogP contribution in [0.2, 0.25) is 0 Å². The molecule has 0 aromatic heterocycles. The minimum absolute atomic E-state index is 0.189. The first-order chi connectivity index (χ1) is 8.70. The third-order valence-electron chi connectivity index (χ3n) is 3.48. The maximum atomic E-state index is 13.1. The largest absolute Gasteiger partial charge is 0.378 e. The summed E-state index contributed by atoms with van der Waals surface area (Å²) < 4.78 is 19.7. The number of hydrogen-bond acceptors (Lipinski definition) is 2. The van der Waals surface area contributed by atoms with E-state index in [2.05, 4.69) is 28.2 Å². The highest BCUT2D eigenvalue weighted by atomic mass is 79.9. The average molecular weight is 316 g/mol. The molecule has 1 aliphatic heterocycles. The lowest BCUT2D eigenvalue weighted by molar-refractivity contribution is 0.0872. The lowest BCUT2D eigenvalue weighted by atomic mass is 9.99. The molecule has 18 heavy (non-hydrogen) atoms. The van der Waals surface area contributed by atoms with Crippen LogP contribution >= 0.6 is 15.9 Å². The first kappa shape index (κ1) is 14.0. The van der Waals surface area contributed by atoms with Crippen LogP contribution in [0.15, 0.2) is 22.7 Å². The Kier molecular flexibility index (Phi) is 5.15. The number of ether oxygens (including phenoxy) is 1. The molecule has 1 heterocycles. The van der Waals surface area contributed by atoms with Crippen molar-refractivity contribution in [2.24, 2.45) is 5.92 Å².